The number of allylic oxidation sites excluding steroid dienone is 3. The van der Waals surface area contributed by atoms with Crippen LogP contribution in [-0.2, 0) is 0 Å². The van der Waals surface area contributed by atoms with Crippen molar-refractivity contribution in [2.75, 3.05) is 0 Å². The second-order valence-corrected chi connectivity index (χ2v) is 20.5. The number of hydrogen-bond acceptors (Lipinski definition) is 4. The number of rotatable bonds is 9. The molecule has 8 nitrogen and oxygen atoms in total. The third kappa shape index (κ3) is 8.19. The molecule has 0 amide bonds. The molecule has 0 radical (unpaired) electrons. The van der Waals surface area contributed by atoms with E-state index in [0.717, 1.165) is 118 Å². The molecule has 4 N–H and O–H groups in total. The van der Waals surface area contributed by atoms with Gasteiger partial charge in [-0.25, -0.2) is 9.97 Å². The number of fused-ring (bicyclic) bond motifs is 8. The quantitative estimate of drug-likeness (QED) is 0.115. The summed E-state index contributed by atoms with van der Waals surface area (Å²) >= 11 is 0. The van der Waals surface area contributed by atoms with Gasteiger partial charge in [0.1, 0.15) is 0 Å². The molecule has 0 saturated carbocycles. The Morgan fingerprint density at radius 3 is 1.43 bits per heavy atom. The minimum atomic E-state index is 0.00395. The molecule has 368 valence electrons. The average Bonchev–Trinajstić information content (AvgIpc) is 4.26. The monoisotopic (exact) mass is 984 g/mol. The summed E-state index contributed by atoms with van der Waals surface area (Å²) in [6, 6.07) is 44.1. The zero-order valence-corrected chi connectivity index (χ0v) is 43.4. The highest BCUT2D eigenvalue weighted by Gasteiger charge is 2.26. The fourth-order valence-electron chi connectivity index (χ4n) is 12.2. The molecular weight excluding hydrogens is 929 g/mol. The first kappa shape index (κ1) is 46.4. The minimum Gasteiger partial charge on any atom is -0.364 e. The molecule has 4 aliphatic heterocycles. The molecule has 9 aromatic rings. The molecule has 8 heteroatoms. The smallest absolute Gasteiger partial charge is 0.0806 e. The van der Waals surface area contributed by atoms with Crippen molar-refractivity contribution in [2.24, 2.45) is 9.98 Å². The Bertz CT molecular complexity index is 4070. The highest BCUT2D eigenvalue weighted by Crippen LogP contribution is 2.43. The first-order valence-electron chi connectivity index (χ1n) is 26.1. The SMILES string of the molecule is Cc1cc(C)c(-c2c3nc(c(-c4ccc(C(c5ccc[nH]5)C5C=CC=N5)cc4)c4ccc([nH]4)c(-c4c(C)cc(C)cc4C)c4nc(c(-c5ccc(/C(=C6\C=CC=N6)c6ccc[nH]6)cc5)c5ccc2[nH]5)C=C4)C=C3)c(C)c1. The van der Waals surface area contributed by atoms with E-state index in [0.29, 0.717) is 0 Å². The van der Waals surface area contributed by atoms with Gasteiger partial charge in [0.05, 0.1) is 40.4 Å². The first-order valence-corrected chi connectivity index (χ1v) is 26.1. The Morgan fingerprint density at radius 1 is 0.474 bits per heavy atom. The molecule has 5 aromatic heterocycles. The molecule has 13 rings (SSSR count). The van der Waals surface area contributed by atoms with E-state index in [-0.39, 0.29) is 12.0 Å². The van der Waals surface area contributed by atoms with Gasteiger partial charge in [0.25, 0.3) is 0 Å². The Hall–Kier alpha value is -9.40. The predicted octanol–water partition coefficient (Wildman–Crippen LogP) is 16.4. The number of aromatic amines is 4. The molecule has 0 aliphatic carbocycles. The molecule has 8 bridgehead atoms. The lowest BCUT2D eigenvalue weighted by Gasteiger charge is -2.20. The van der Waals surface area contributed by atoms with E-state index in [1.807, 2.05) is 43.0 Å². The van der Waals surface area contributed by atoms with Crippen molar-refractivity contribution < 1.29 is 0 Å². The lowest BCUT2D eigenvalue weighted by Crippen LogP contribution is -2.15. The third-order valence-corrected chi connectivity index (χ3v) is 15.3. The van der Waals surface area contributed by atoms with E-state index in [4.69, 9.17) is 20.0 Å². The molecule has 4 aliphatic rings. The van der Waals surface area contributed by atoms with Gasteiger partial charge in [-0.15, -0.1) is 0 Å². The number of aromatic nitrogens is 6. The normalized spacial score (nSPS) is 15.4. The zero-order chi connectivity index (χ0) is 51.6. The molecular formula is C68H56N8. The third-order valence-electron chi connectivity index (χ3n) is 15.3. The predicted molar refractivity (Wildman–Crippen MR) is 318 cm³/mol. The molecule has 0 spiro atoms. The van der Waals surface area contributed by atoms with Crippen molar-refractivity contribution in [1.82, 2.24) is 29.9 Å². The number of hydrogen-bond donors (Lipinski definition) is 4. The summed E-state index contributed by atoms with van der Waals surface area (Å²) in [6.45, 7) is 13.2. The first-order chi connectivity index (χ1) is 37.1. The summed E-state index contributed by atoms with van der Waals surface area (Å²) in [5.74, 6) is 0.0394. The fraction of sp³-hybridized carbons (Fsp3) is 0.118. The molecule has 76 heavy (non-hydrogen) atoms. The number of nitrogens with zero attached hydrogens (tertiary/aromatic N) is 4. The van der Waals surface area contributed by atoms with Gasteiger partial charge in [-0.05, 0) is 188 Å². The number of aliphatic imine (C=N–C) groups is 2. The molecule has 0 fully saturated rings. The van der Waals surface area contributed by atoms with Crippen LogP contribution in [0.1, 0.15) is 84.6 Å². The van der Waals surface area contributed by atoms with Crippen LogP contribution in [0.4, 0.5) is 0 Å². The van der Waals surface area contributed by atoms with Crippen LogP contribution in [0, 0.1) is 41.5 Å². The minimum absolute atomic E-state index is 0.00395. The van der Waals surface area contributed by atoms with Gasteiger partial charge >= 0.3 is 0 Å². The lowest BCUT2D eigenvalue weighted by atomic mass is 9.88. The Balaban J connectivity index is 1.10. The maximum absolute atomic E-state index is 5.68. The molecule has 2 atom stereocenters. The van der Waals surface area contributed by atoms with E-state index in [1.54, 1.807) is 0 Å². The fourth-order valence-corrected chi connectivity index (χ4v) is 12.2. The van der Waals surface area contributed by atoms with Crippen molar-refractivity contribution in [2.45, 2.75) is 53.5 Å². The van der Waals surface area contributed by atoms with Crippen LogP contribution in [-0.4, -0.2) is 48.4 Å². The van der Waals surface area contributed by atoms with Crippen LogP contribution in [0.2, 0.25) is 0 Å². The van der Waals surface area contributed by atoms with Crippen LogP contribution >= 0.6 is 0 Å². The number of H-pyrrole nitrogens is 4. The van der Waals surface area contributed by atoms with Gasteiger partial charge in [0.15, 0.2) is 0 Å². The zero-order valence-electron chi connectivity index (χ0n) is 43.4. The summed E-state index contributed by atoms with van der Waals surface area (Å²) in [7, 11) is 0. The molecule has 2 unspecified atom stereocenters. The molecule has 9 heterocycles. The number of benzene rings is 4. The summed E-state index contributed by atoms with van der Waals surface area (Å²) in [5, 5.41) is 0. The van der Waals surface area contributed by atoms with Gasteiger partial charge in [-0.2, -0.15) is 0 Å². The van der Waals surface area contributed by atoms with Crippen molar-refractivity contribution >= 4 is 64.4 Å². The van der Waals surface area contributed by atoms with Gasteiger partial charge in [-0.3, -0.25) is 9.98 Å². The van der Waals surface area contributed by atoms with Gasteiger partial charge in [0.2, 0.25) is 0 Å². The van der Waals surface area contributed by atoms with Crippen LogP contribution in [0.3, 0.4) is 0 Å². The van der Waals surface area contributed by atoms with E-state index >= 15 is 0 Å². The summed E-state index contributed by atoms with van der Waals surface area (Å²) in [6.07, 6.45) is 24.7. The lowest BCUT2D eigenvalue weighted by molar-refractivity contribution is 0.696. The van der Waals surface area contributed by atoms with Crippen LogP contribution in [0.15, 0.2) is 174 Å². The largest absolute Gasteiger partial charge is 0.364 e. The van der Waals surface area contributed by atoms with Crippen LogP contribution in [0.25, 0.3) is 96.5 Å². The Morgan fingerprint density at radius 2 is 0.974 bits per heavy atom. The van der Waals surface area contributed by atoms with Gasteiger partial charge < -0.3 is 19.9 Å². The average molecular weight is 985 g/mol. The van der Waals surface area contributed by atoms with Gasteiger partial charge in [-0.1, -0.05) is 90.0 Å². The van der Waals surface area contributed by atoms with Gasteiger partial charge in [0, 0.05) is 86.1 Å². The summed E-state index contributed by atoms with van der Waals surface area (Å²) in [4.78, 5) is 35.8. The van der Waals surface area contributed by atoms with Crippen molar-refractivity contribution in [3.8, 4) is 44.5 Å². The second-order valence-electron chi connectivity index (χ2n) is 20.5. The van der Waals surface area contributed by atoms with E-state index in [2.05, 4.69) is 213 Å². The number of nitrogens with one attached hydrogen (secondary N) is 4. The second kappa shape index (κ2) is 18.8. The maximum atomic E-state index is 5.68. The highest BCUT2D eigenvalue weighted by molar-refractivity contribution is 6.01. The van der Waals surface area contributed by atoms with Crippen LogP contribution < -0.4 is 0 Å². The Kier molecular flexibility index (Phi) is 11.5. The van der Waals surface area contributed by atoms with E-state index < -0.39 is 0 Å². The molecule has 0 saturated heterocycles. The van der Waals surface area contributed by atoms with Crippen LogP contribution in [0.5, 0.6) is 0 Å². The summed E-state index contributed by atoms with van der Waals surface area (Å²) in [5.41, 5.74) is 29.4. The van der Waals surface area contributed by atoms with Crippen molar-refractivity contribution in [3.63, 3.8) is 0 Å². The summed E-state index contributed by atoms with van der Waals surface area (Å²) < 4.78 is 0. The Labute approximate surface area is 442 Å². The molecule has 4 aromatic carbocycles. The van der Waals surface area contributed by atoms with E-state index in [1.165, 1.54) is 38.9 Å². The topological polar surface area (TPSA) is 114 Å². The van der Waals surface area contributed by atoms with E-state index in [9.17, 15) is 0 Å². The van der Waals surface area contributed by atoms with Crippen molar-refractivity contribution in [3.05, 3.63) is 242 Å². The highest BCUT2D eigenvalue weighted by atomic mass is 14.8. The van der Waals surface area contributed by atoms with Crippen molar-refractivity contribution in [1.29, 1.82) is 0 Å². The maximum Gasteiger partial charge on any atom is 0.0806 e. The number of aryl methyl sites for hydroxylation is 6. The standard InChI is InChI=1S/C68H56N8/c1-39-35-41(3)61(42(4)36-39)67-57-27-23-53(73-57)65(47-19-15-45(16-20-47)63(49-11-7-31-69-49)50-12-8-32-70-50)55-25-29-59(75-55)68(62-43(5)37-40(2)38-44(62)6)60-30-26-56(76-60)66(54-24-28-58(67)74-54)48-21-17-46(18-22-48)64(51-13-9-33-71-51)52-14-10-34-72-52/h7-38,49,63,70-71,73,76H,1-6H3/b64-52-,65-53?,65-55?,66-54?,66-56?,67-57?,67-58?,68-59?,68-60?.